The van der Waals surface area contributed by atoms with Crippen LogP contribution in [0, 0.1) is 0 Å². The fourth-order valence-electron chi connectivity index (χ4n) is 6.69. The summed E-state index contributed by atoms with van der Waals surface area (Å²) in [6, 6.07) is 15.2. The summed E-state index contributed by atoms with van der Waals surface area (Å²) in [4.78, 5) is 18.9. The van der Waals surface area contributed by atoms with Gasteiger partial charge in [-0.3, -0.25) is 4.90 Å². The molecule has 5 aromatic rings. The number of hydrogen-bond acceptors (Lipinski definition) is 7. The number of piperazine rings is 1. The number of nitrogens with zero attached hydrogens (tertiary/aromatic N) is 7. The van der Waals surface area contributed by atoms with Crippen molar-refractivity contribution in [1.82, 2.24) is 33.9 Å². The third-order valence-electron chi connectivity index (χ3n) is 9.05. The highest BCUT2D eigenvalue weighted by Gasteiger charge is 2.30. The van der Waals surface area contributed by atoms with Crippen LogP contribution in [0.2, 0.25) is 5.02 Å². The number of halogens is 1. The fourth-order valence-corrected chi connectivity index (χ4v) is 6.99. The van der Waals surface area contributed by atoms with Gasteiger partial charge in [-0.05, 0) is 62.6 Å². The molecule has 1 saturated carbocycles. The van der Waals surface area contributed by atoms with E-state index in [9.17, 15) is 0 Å². The number of anilines is 3. The molecule has 2 aliphatic rings. The number of benzene rings is 2. The molecule has 7 rings (SSSR count). The van der Waals surface area contributed by atoms with Crippen LogP contribution in [0.4, 0.5) is 17.5 Å². The molecule has 3 aromatic heterocycles. The lowest BCUT2D eigenvalue weighted by Crippen LogP contribution is -2.49. The molecule has 9 nitrogen and oxygen atoms in total. The van der Waals surface area contributed by atoms with Crippen LogP contribution in [0.25, 0.3) is 33.2 Å². The standard InChI is InChI=1S/C31H36ClN9/c1-38-14-16-40(17-15-38)22-10-12-23(13-11-22)41-18-24(27-29(33)34-19-35-30(27)41)20-6-8-21(9-7-20)36-31-37-26-5-3-4-25(32)28(26)39(31)2/h3-9,18-19,22-23H,10-17H2,1-2H3,(H,36,37)(H2,33,34,35)/t22-,23-. The maximum atomic E-state index is 6.46. The molecule has 2 aromatic carbocycles. The number of aromatic nitrogens is 5. The van der Waals surface area contributed by atoms with Gasteiger partial charge in [0.1, 0.15) is 17.8 Å². The summed E-state index contributed by atoms with van der Waals surface area (Å²) in [5.41, 5.74) is 12.3. The molecule has 0 amide bonds. The van der Waals surface area contributed by atoms with Gasteiger partial charge in [-0.15, -0.1) is 0 Å². The lowest BCUT2D eigenvalue weighted by molar-refractivity contribution is 0.0828. The average molecular weight is 570 g/mol. The van der Waals surface area contributed by atoms with Crippen molar-refractivity contribution in [2.45, 2.75) is 37.8 Å². The van der Waals surface area contributed by atoms with E-state index in [0.29, 0.717) is 22.9 Å². The zero-order valence-electron chi connectivity index (χ0n) is 23.6. The second-order valence-electron chi connectivity index (χ2n) is 11.5. The van der Waals surface area contributed by atoms with E-state index in [2.05, 4.69) is 62.2 Å². The zero-order chi connectivity index (χ0) is 28.1. The van der Waals surface area contributed by atoms with E-state index in [1.165, 1.54) is 39.0 Å². The second-order valence-corrected chi connectivity index (χ2v) is 11.9. The number of hydrogen-bond donors (Lipinski definition) is 2. The van der Waals surface area contributed by atoms with Gasteiger partial charge in [-0.1, -0.05) is 29.8 Å². The van der Waals surface area contributed by atoms with Crippen molar-refractivity contribution in [2.24, 2.45) is 7.05 Å². The number of aryl methyl sites for hydroxylation is 1. The number of rotatable bonds is 5. The molecule has 0 unspecified atom stereocenters. The highest BCUT2D eigenvalue weighted by atomic mass is 35.5. The summed E-state index contributed by atoms with van der Waals surface area (Å²) in [5, 5.41) is 5.05. The summed E-state index contributed by atoms with van der Waals surface area (Å²) >= 11 is 6.42. The molecule has 0 bridgehead atoms. The van der Waals surface area contributed by atoms with E-state index in [-0.39, 0.29) is 0 Å². The van der Waals surface area contributed by atoms with E-state index in [0.717, 1.165) is 57.7 Å². The normalized spacial score (nSPS) is 20.7. The van der Waals surface area contributed by atoms with Gasteiger partial charge in [0.05, 0.1) is 21.4 Å². The quantitative estimate of drug-likeness (QED) is 0.281. The Bertz CT molecular complexity index is 1690. The van der Waals surface area contributed by atoms with Crippen LogP contribution in [-0.4, -0.2) is 73.2 Å². The molecule has 1 aliphatic carbocycles. The molecule has 1 aliphatic heterocycles. The Morgan fingerprint density at radius 3 is 2.37 bits per heavy atom. The Hall–Kier alpha value is -3.66. The SMILES string of the molecule is CN1CCN([C@H]2CC[C@H](n3cc(-c4ccc(Nc5nc6cccc(Cl)c6n5C)cc4)c4c(N)ncnc43)CC2)CC1. The number of likely N-dealkylation sites (N-methyl/N-ethyl adjacent to an activating group) is 1. The highest BCUT2D eigenvalue weighted by Crippen LogP contribution is 2.39. The Balaban J connectivity index is 1.13. The van der Waals surface area contributed by atoms with Gasteiger partial charge in [0.15, 0.2) is 0 Å². The number of nitrogens with two attached hydrogens (primary N) is 1. The number of para-hydroxylation sites is 1. The number of fused-ring (bicyclic) bond motifs is 2. The number of nitrogen functional groups attached to an aromatic ring is 1. The number of nitrogens with one attached hydrogen (secondary N) is 1. The molecule has 41 heavy (non-hydrogen) atoms. The summed E-state index contributed by atoms with van der Waals surface area (Å²) in [6.45, 7) is 4.70. The lowest BCUT2D eigenvalue weighted by atomic mass is 9.89. The molecule has 3 N–H and O–H groups in total. The van der Waals surface area contributed by atoms with Crippen LogP contribution < -0.4 is 11.1 Å². The first kappa shape index (κ1) is 26.3. The largest absolute Gasteiger partial charge is 0.383 e. The molecule has 0 atom stereocenters. The molecule has 0 radical (unpaired) electrons. The van der Waals surface area contributed by atoms with Gasteiger partial charge >= 0.3 is 0 Å². The third-order valence-corrected chi connectivity index (χ3v) is 9.35. The van der Waals surface area contributed by atoms with Crippen molar-refractivity contribution >= 4 is 51.1 Å². The minimum atomic E-state index is 0.412. The first-order valence-corrected chi connectivity index (χ1v) is 14.9. The van der Waals surface area contributed by atoms with Crippen molar-refractivity contribution in [3.8, 4) is 11.1 Å². The Morgan fingerprint density at radius 2 is 1.63 bits per heavy atom. The molecule has 4 heterocycles. The minimum absolute atomic E-state index is 0.412. The Labute approximate surface area is 244 Å². The maximum absolute atomic E-state index is 6.46. The van der Waals surface area contributed by atoms with Gasteiger partial charge < -0.3 is 25.1 Å². The second kappa shape index (κ2) is 10.6. The van der Waals surface area contributed by atoms with Gasteiger partial charge in [0.2, 0.25) is 5.95 Å². The van der Waals surface area contributed by atoms with E-state index in [1.807, 2.05) is 29.8 Å². The van der Waals surface area contributed by atoms with E-state index in [1.54, 1.807) is 6.33 Å². The van der Waals surface area contributed by atoms with Gasteiger partial charge in [0.25, 0.3) is 0 Å². The molecule has 0 spiro atoms. The van der Waals surface area contributed by atoms with E-state index in [4.69, 9.17) is 27.3 Å². The molecule has 10 heteroatoms. The first-order chi connectivity index (χ1) is 20.0. The molecular weight excluding hydrogens is 534 g/mol. The molecule has 2 fully saturated rings. The summed E-state index contributed by atoms with van der Waals surface area (Å²) in [6.07, 6.45) is 8.57. The Morgan fingerprint density at radius 1 is 0.902 bits per heavy atom. The lowest BCUT2D eigenvalue weighted by Gasteiger charge is -2.41. The number of imidazole rings is 1. The maximum Gasteiger partial charge on any atom is 0.208 e. The van der Waals surface area contributed by atoms with Gasteiger partial charge in [0, 0.05) is 62.8 Å². The smallest absolute Gasteiger partial charge is 0.208 e. The summed E-state index contributed by atoms with van der Waals surface area (Å²) < 4.78 is 4.34. The average Bonchev–Trinajstić information content (AvgIpc) is 3.53. The topological polar surface area (TPSA) is 93.1 Å². The zero-order valence-corrected chi connectivity index (χ0v) is 24.3. The predicted octanol–water partition coefficient (Wildman–Crippen LogP) is 5.70. The van der Waals surface area contributed by atoms with Crippen LogP contribution >= 0.6 is 11.6 Å². The third kappa shape index (κ3) is 4.81. The minimum Gasteiger partial charge on any atom is -0.383 e. The predicted molar refractivity (Wildman–Crippen MR) is 167 cm³/mol. The molecule has 1 saturated heterocycles. The van der Waals surface area contributed by atoms with Crippen molar-refractivity contribution in [3.63, 3.8) is 0 Å². The van der Waals surface area contributed by atoms with Crippen LogP contribution in [0.15, 0.2) is 55.0 Å². The Kier molecular flexibility index (Phi) is 6.81. The van der Waals surface area contributed by atoms with E-state index >= 15 is 0 Å². The van der Waals surface area contributed by atoms with Crippen LogP contribution in [0.1, 0.15) is 31.7 Å². The first-order valence-electron chi connectivity index (χ1n) is 14.5. The molecule has 212 valence electrons. The highest BCUT2D eigenvalue weighted by molar-refractivity contribution is 6.35. The van der Waals surface area contributed by atoms with Crippen LogP contribution in [0.3, 0.4) is 0 Å². The monoisotopic (exact) mass is 569 g/mol. The van der Waals surface area contributed by atoms with Crippen LogP contribution in [-0.2, 0) is 7.05 Å². The van der Waals surface area contributed by atoms with Gasteiger partial charge in [-0.2, -0.15) is 0 Å². The van der Waals surface area contributed by atoms with Crippen molar-refractivity contribution < 1.29 is 0 Å². The van der Waals surface area contributed by atoms with Crippen molar-refractivity contribution in [2.75, 3.05) is 44.3 Å². The van der Waals surface area contributed by atoms with E-state index < -0.39 is 0 Å². The van der Waals surface area contributed by atoms with Gasteiger partial charge in [-0.25, -0.2) is 15.0 Å². The summed E-state index contributed by atoms with van der Waals surface area (Å²) in [7, 11) is 4.19. The van der Waals surface area contributed by atoms with Crippen molar-refractivity contribution in [1.29, 1.82) is 0 Å². The van der Waals surface area contributed by atoms with Crippen molar-refractivity contribution in [3.05, 3.63) is 60.0 Å². The fraction of sp³-hybridized carbons (Fsp3) is 0.387. The van der Waals surface area contributed by atoms with Crippen LogP contribution in [0.5, 0.6) is 0 Å². The summed E-state index contributed by atoms with van der Waals surface area (Å²) in [5.74, 6) is 1.26. The molecular formula is C31H36ClN9.